The maximum atomic E-state index is 2.66. The molecule has 1 heterocycles. The standard InChI is InChI=1S/C18H25N/c1-18-10-11-19(2)16-9-5-7-14(17(16)18)12-13-6-3-4-8-15(13)18/h3-4,6,8,14,16-17H,5,7,9-12H2,1-2H3/t14?,16?,17-,18+/m1/s1. The van der Waals surface area contributed by atoms with Crippen LogP contribution in [0.25, 0.3) is 0 Å². The van der Waals surface area contributed by atoms with Gasteiger partial charge in [-0.25, -0.2) is 0 Å². The first-order chi connectivity index (χ1) is 9.20. The molecule has 0 amide bonds. The van der Waals surface area contributed by atoms with Gasteiger partial charge < -0.3 is 4.90 Å². The minimum absolute atomic E-state index is 0.442. The van der Waals surface area contributed by atoms with Crippen LogP contribution in [0.1, 0.15) is 43.7 Å². The van der Waals surface area contributed by atoms with Crippen LogP contribution >= 0.6 is 0 Å². The van der Waals surface area contributed by atoms with E-state index in [1.807, 2.05) is 0 Å². The normalized spacial score (nSPS) is 41.5. The number of benzene rings is 1. The van der Waals surface area contributed by atoms with Crippen molar-refractivity contribution in [2.75, 3.05) is 13.6 Å². The van der Waals surface area contributed by atoms with Crippen LogP contribution in [0.4, 0.5) is 0 Å². The highest BCUT2D eigenvalue weighted by Crippen LogP contribution is 2.54. The highest BCUT2D eigenvalue weighted by atomic mass is 15.1. The lowest BCUT2D eigenvalue weighted by atomic mass is 9.52. The summed E-state index contributed by atoms with van der Waals surface area (Å²) in [5, 5.41) is 0. The van der Waals surface area contributed by atoms with Gasteiger partial charge in [0.1, 0.15) is 0 Å². The molecule has 102 valence electrons. The molecule has 4 atom stereocenters. The van der Waals surface area contributed by atoms with E-state index in [2.05, 4.69) is 43.1 Å². The number of nitrogens with zero attached hydrogens (tertiary/aromatic N) is 1. The Morgan fingerprint density at radius 3 is 2.95 bits per heavy atom. The fourth-order valence-electron chi connectivity index (χ4n) is 5.52. The zero-order chi connectivity index (χ0) is 13.0. The quantitative estimate of drug-likeness (QED) is 0.684. The van der Waals surface area contributed by atoms with Crippen LogP contribution in [0.3, 0.4) is 0 Å². The lowest BCUT2D eigenvalue weighted by Crippen LogP contribution is -2.59. The first kappa shape index (κ1) is 12.0. The largest absolute Gasteiger partial charge is 0.303 e. The van der Waals surface area contributed by atoms with Crippen molar-refractivity contribution in [3.05, 3.63) is 35.4 Å². The van der Waals surface area contributed by atoms with Gasteiger partial charge >= 0.3 is 0 Å². The third-order valence-corrected chi connectivity index (χ3v) is 6.40. The SMILES string of the molecule is CN1CC[C@@]2(C)c3ccccc3CC3CCCC1[C@@H]32. The molecule has 2 aliphatic carbocycles. The van der Waals surface area contributed by atoms with Crippen LogP contribution < -0.4 is 0 Å². The Bertz CT molecular complexity index is 494. The molecule has 3 aliphatic rings. The van der Waals surface area contributed by atoms with Crippen molar-refractivity contribution >= 4 is 0 Å². The maximum absolute atomic E-state index is 2.66. The zero-order valence-electron chi connectivity index (χ0n) is 12.2. The molecule has 19 heavy (non-hydrogen) atoms. The Morgan fingerprint density at radius 2 is 2.05 bits per heavy atom. The van der Waals surface area contributed by atoms with Gasteiger partial charge in [-0.3, -0.25) is 0 Å². The molecule has 1 saturated heterocycles. The fourth-order valence-corrected chi connectivity index (χ4v) is 5.52. The third kappa shape index (κ3) is 1.57. The highest BCUT2D eigenvalue weighted by Gasteiger charge is 2.52. The Hall–Kier alpha value is -0.820. The number of hydrogen-bond donors (Lipinski definition) is 0. The van der Waals surface area contributed by atoms with Gasteiger partial charge in [0.05, 0.1) is 0 Å². The number of piperidine rings is 1. The molecule has 1 aromatic rings. The molecular weight excluding hydrogens is 230 g/mol. The van der Waals surface area contributed by atoms with Crippen molar-refractivity contribution in [2.24, 2.45) is 11.8 Å². The molecule has 1 aliphatic heterocycles. The molecule has 4 rings (SSSR count). The number of likely N-dealkylation sites (tertiary alicyclic amines) is 1. The summed E-state index contributed by atoms with van der Waals surface area (Å²) in [5.41, 5.74) is 3.77. The van der Waals surface area contributed by atoms with Gasteiger partial charge in [-0.1, -0.05) is 37.6 Å². The summed E-state index contributed by atoms with van der Waals surface area (Å²) in [6.45, 7) is 3.84. The van der Waals surface area contributed by atoms with Gasteiger partial charge in [-0.05, 0) is 67.7 Å². The summed E-state index contributed by atoms with van der Waals surface area (Å²) >= 11 is 0. The van der Waals surface area contributed by atoms with E-state index >= 15 is 0 Å². The average molecular weight is 255 g/mol. The van der Waals surface area contributed by atoms with Crippen molar-refractivity contribution < 1.29 is 0 Å². The predicted octanol–water partition coefficient (Wildman–Crippen LogP) is 3.62. The van der Waals surface area contributed by atoms with E-state index in [1.54, 1.807) is 11.1 Å². The Labute approximate surface area is 117 Å². The first-order valence-corrected chi connectivity index (χ1v) is 7.99. The lowest BCUT2D eigenvalue weighted by molar-refractivity contribution is -0.0220. The van der Waals surface area contributed by atoms with Crippen molar-refractivity contribution in [2.45, 2.75) is 50.5 Å². The summed E-state index contributed by atoms with van der Waals surface area (Å²) < 4.78 is 0. The second-order valence-corrected chi connectivity index (χ2v) is 7.29. The second kappa shape index (κ2) is 4.09. The minimum atomic E-state index is 0.442. The number of rotatable bonds is 0. The summed E-state index contributed by atoms with van der Waals surface area (Å²) in [5.74, 6) is 1.83. The van der Waals surface area contributed by atoms with E-state index in [0.717, 1.165) is 17.9 Å². The van der Waals surface area contributed by atoms with Crippen LogP contribution in [-0.2, 0) is 11.8 Å². The summed E-state index contributed by atoms with van der Waals surface area (Å²) in [7, 11) is 2.35. The van der Waals surface area contributed by atoms with Gasteiger partial charge in [0.15, 0.2) is 0 Å². The molecule has 0 aromatic heterocycles. The smallest absolute Gasteiger partial charge is 0.0132 e. The topological polar surface area (TPSA) is 3.24 Å². The first-order valence-electron chi connectivity index (χ1n) is 7.99. The summed E-state index contributed by atoms with van der Waals surface area (Å²) in [6, 6.07) is 10.1. The van der Waals surface area contributed by atoms with Gasteiger partial charge in [0.25, 0.3) is 0 Å². The van der Waals surface area contributed by atoms with E-state index in [4.69, 9.17) is 0 Å². The lowest BCUT2D eigenvalue weighted by Gasteiger charge is -2.58. The van der Waals surface area contributed by atoms with E-state index < -0.39 is 0 Å². The van der Waals surface area contributed by atoms with Crippen molar-refractivity contribution in [1.82, 2.24) is 4.90 Å². The maximum Gasteiger partial charge on any atom is 0.0132 e. The van der Waals surface area contributed by atoms with Crippen molar-refractivity contribution in [1.29, 1.82) is 0 Å². The molecule has 1 aromatic carbocycles. The van der Waals surface area contributed by atoms with E-state index in [-0.39, 0.29) is 0 Å². The van der Waals surface area contributed by atoms with Crippen LogP contribution in [0, 0.1) is 11.8 Å². The summed E-state index contributed by atoms with van der Waals surface area (Å²) in [4.78, 5) is 2.66. The third-order valence-electron chi connectivity index (χ3n) is 6.40. The van der Waals surface area contributed by atoms with Crippen LogP contribution in [0.15, 0.2) is 24.3 Å². The van der Waals surface area contributed by atoms with Gasteiger partial charge in [-0.2, -0.15) is 0 Å². The molecule has 1 saturated carbocycles. The van der Waals surface area contributed by atoms with Gasteiger partial charge in [-0.15, -0.1) is 0 Å². The highest BCUT2D eigenvalue weighted by molar-refractivity contribution is 5.39. The minimum Gasteiger partial charge on any atom is -0.303 e. The molecule has 0 radical (unpaired) electrons. The Morgan fingerprint density at radius 1 is 1.21 bits per heavy atom. The van der Waals surface area contributed by atoms with Gasteiger partial charge in [0, 0.05) is 6.04 Å². The second-order valence-electron chi connectivity index (χ2n) is 7.29. The monoisotopic (exact) mass is 255 g/mol. The van der Waals surface area contributed by atoms with E-state index in [1.165, 1.54) is 38.6 Å². The van der Waals surface area contributed by atoms with Crippen LogP contribution in [0.2, 0.25) is 0 Å². The van der Waals surface area contributed by atoms with Crippen molar-refractivity contribution in [3.63, 3.8) is 0 Å². The van der Waals surface area contributed by atoms with Crippen molar-refractivity contribution in [3.8, 4) is 0 Å². The fraction of sp³-hybridized carbons (Fsp3) is 0.667. The number of hydrogen-bond acceptors (Lipinski definition) is 1. The molecular formula is C18H25N. The molecule has 0 bridgehead atoms. The predicted molar refractivity (Wildman–Crippen MR) is 79.4 cm³/mol. The molecule has 2 fully saturated rings. The molecule has 1 heteroatoms. The summed E-state index contributed by atoms with van der Waals surface area (Å²) in [6.07, 6.45) is 7.00. The Kier molecular flexibility index (Phi) is 2.57. The van der Waals surface area contributed by atoms with E-state index in [0.29, 0.717) is 5.41 Å². The number of fused-ring (bicyclic) bond motifs is 2. The molecule has 0 spiro atoms. The molecule has 0 N–H and O–H groups in total. The average Bonchev–Trinajstić information content (AvgIpc) is 2.44. The van der Waals surface area contributed by atoms with Crippen LogP contribution in [-0.4, -0.2) is 24.5 Å². The molecule has 1 nitrogen and oxygen atoms in total. The zero-order valence-corrected chi connectivity index (χ0v) is 12.2. The van der Waals surface area contributed by atoms with E-state index in [9.17, 15) is 0 Å². The molecule has 2 unspecified atom stereocenters. The Balaban J connectivity index is 1.86. The van der Waals surface area contributed by atoms with Gasteiger partial charge in [0.2, 0.25) is 0 Å². The van der Waals surface area contributed by atoms with Crippen LogP contribution in [0.5, 0.6) is 0 Å².